The third kappa shape index (κ3) is 2.23. The van der Waals surface area contributed by atoms with Gasteiger partial charge >= 0.3 is 5.97 Å². The maximum atomic E-state index is 12.5. The molecule has 1 aromatic rings. The molecule has 0 fully saturated rings. The number of fused-ring (bicyclic) bond motifs is 2. The van der Waals surface area contributed by atoms with E-state index in [1.54, 1.807) is 24.3 Å². The smallest absolute Gasteiger partial charge is 0.332 e. The molecule has 0 saturated carbocycles. The molecule has 1 heterocycles. The summed E-state index contributed by atoms with van der Waals surface area (Å²) in [5, 5.41) is 11.0. The molecular formula is C15H13NO5S. The number of ketones is 1. The van der Waals surface area contributed by atoms with Crippen LogP contribution >= 0.6 is 0 Å². The second-order valence-electron chi connectivity index (χ2n) is 5.30. The van der Waals surface area contributed by atoms with Gasteiger partial charge in [0.25, 0.3) is 0 Å². The van der Waals surface area contributed by atoms with Crippen molar-refractivity contribution in [3.63, 3.8) is 0 Å². The summed E-state index contributed by atoms with van der Waals surface area (Å²) in [6, 6.07) is 6.22. The van der Waals surface area contributed by atoms with Gasteiger partial charge in [0.2, 0.25) is 0 Å². The molecule has 6 nitrogen and oxygen atoms in total. The molecule has 0 saturated heterocycles. The molecule has 2 aliphatic rings. The Kier molecular flexibility index (Phi) is 3.17. The van der Waals surface area contributed by atoms with E-state index >= 15 is 0 Å². The average Bonchev–Trinajstić information content (AvgIpc) is 2.45. The van der Waals surface area contributed by atoms with E-state index in [0.717, 1.165) is 6.26 Å². The fraction of sp³-hybridized carbons (Fsp3) is 0.200. The van der Waals surface area contributed by atoms with E-state index in [1.807, 2.05) is 0 Å². The molecule has 0 radical (unpaired) electrons. The first-order valence-electron chi connectivity index (χ1n) is 6.55. The van der Waals surface area contributed by atoms with E-state index in [-0.39, 0.29) is 16.9 Å². The van der Waals surface area contributed by atoms with Crippen molar-refractivity contribution in [2.75, 3.05) is 11.6 Å². The van der Waals surface area contributed by atoms with Crippen molar-refractivity contribution in [1.29, 1.82) is 0 Å². The molecule has 2 unspecified atom stereocenters. The van der Waals surface area contributed by atoms with E-state index in [0.29, 0.717) is 11.3 Å². The number of para-hydroxylation sites is 1. The van der Waals surface area contributed by atoms with E-state index in [4.69, 9.17) is 0 Å². The molecule has 0 spiro atoms. The minimum absolute atomic E-state index is 0.240. The predicted molar refractivity (Wildman–Crippen MR) is 80.6 cm³/mol. The van der Waals surface area contributed by atoms with Gasteiger partial charge < -0.3 is 10.4 Å². The highest BCUT2D eigenvalue weighted by molar-refractivity contribution is 7.91. The molecule has 1 aliphatic carbocycles. The lowest BCUT2D eigenvalue weighted by Crippen LogP contribution is -2.38. The summed E-state index contributed by atoms with van der Waals surface area (Å²) in [4.78, 5) is 23.9. The van der Waals surface area contributed by atoms with Crippen LogP contribution in [0, 0.1) is 0 Å². The van der Waals surface area contributed by atoms with Crippen LogP contribution in [0.15, 0.2) is 47.6 Å². The van der Waals surface area contributed by atoms with E-state index in [1.165, 1.54) is 12.2 Å². The molecule has 2 atom stereocenters. The second kappa shape index (κ2) is 4.81. The number of aliphatic carboxylic acids is 1. The number of sulfone groups is 1. The number of Topliss-reactive ketones (excluding diaryl/α,β-unsaturated/α-hetero) is 1. The van der Waals surface area contributed by atoms with E-state index in [9.17, 15) is 23.1 Å². The monoisotopic (exact) mass is 319 g/mol. The Bertz CT molecular complexity index is 850. The number of rotatable bonds is 2. The summed E-state index contributed by atoms with van der Waals surface area (Å²) >= 11 is 0. The van der Waals surface area contributed by atoms with Crippen LogP contribution in [0.1, 0.15) is 10.4 Å². The van der Waals surface area contributed by atoms with Gasteiger partial charge in [0.05, 0.1) is 11.6 Å². The first kappa shape index (κ1) is 14.5. The van der Waals surface area contributed by atoms with Crippen molar-refractivity contribution in [3.8, 4) is 0 Å². The topological polar surface area (TPSA) is 101 Å². The van der Waals surface area contributed by atoms with Crippen molar-refractivity contribution in [2.24, 2.45) is 0 Å². The van der Waals surface area contributed by atoms with Crippen LogP contribution in [0.25, 0.3) is 0 Å². The van der Waals surface area contributed by atoms with Gasteiger partial charge in [-0.3, -0.25) is 4.79 Å². The molecule has 22 heavy (non-hydrogen) atoms. The molecule has 1 aliphatic heterocycles. The Labute approximate surface area is 127 Å². The van der Waals surface area contributed by atoms with Crippen LogP contribution in [-0.4, -0.2) is 42.8 Å². The lowest BCUT2D eigenvalue weighted by molar-refractivity contribution is -0.132. The summed E-state index contributed by atoms with van der Waals surface area (Å²) in [6.07, 6.45) is 3.51. The van der Waals surface area contributed by atoms with Gasteiger partial charge in [-0.1, -0.05) is 18.2 Å². The Balaban J connectivity index is 2.16. The van der Waals surface area contributed by atoms with Crippen LogP contribution in [-0.2, 0) is 14.6 Å². The Morgan fingerprint density at radius 3 is 2.55 bits per heavy atom. The van der Waals surface area contributed by atoms with E-state index < -0.39 is 27.1 Å². The van der Waals surface area contributed by atoms with Gasteiger partial charge in [0, 0.05) is 23.1 Å². The third-order valence-electron chi connectivity index (χ3n) is 3.77. The quantitative estimate of drug-likeness (QED) is 0.844. The first-order valence-corrected chi connectivity index (χ1v) is 8.50. The number of carboxylic acids is 1. The summed E-state index contributed by atoms with van der Waals surface area (Å²) in [5.74, 6) is -1.59. The normalized spacial score (nSPS) is 23.6. The Morgan fingerprint density at radius 2 is 1.91 bits per heavy atom. The highest BCUT2D eigenvalue weighted by Crippen LogP contribution is 2.33. The predicted octanol–water partition coefficient (Wildman–Crippen LogP) is 1.03. The maximum absolute atomic E-state index is 12.5. The number of hydrogen-bond donors (Lipinski definition) is 2. The number of carbonyl (C=O) groups excluding carboxylic acids is 1. The number of benzene rings is 1. The molecule has 1 aromatic carbocycles. The van der Waals surface area contributed by atoms with Crippen LogP contribution in [0.4, 0.5) is 5.69 Å². The SMILES string of the molecule is CS(=O)(=O)C1C=C2C(=O)c3ccccc3NC2C=C1C(=O)O. The van der Waals surface area contributed by atoms with Crippen molar-refractivity contribution in [3.05, 3.63) is 53.1 Å². The summed E-state index contributed by atoms with van der Waals surface area (Å²) < 4.78 is 23.7. The van der Waals surface area contributed by atoms with Gasteiger partial charge in [-0.05, 0) is 18.2 Å². The molecule has 2 N–H and O–H groups in total. The fourth-order valence-corrected chi connectivity index (χ4v) is 3.77. The zero-order chi connectivity index (χ0) is 16.1. The van der Waals surface area contributed by atoms with Gasteiger partial charge in [0.1, 0.15) is 5.25 Å². The van der Waals surface area contributed by atoms with Crippen molar-refractivity contribution in [2.45, 2.75) is 11.3 Å². The lowest BCUT2D eigenvalue weighted by atomic mass is 9.85. The zero-order valence-corrected chi connectivity index (χ0v) is 12.4. The van der Waals surface area contributed by atoms with Crippen LogP contribution in [0.3, 0.4) is 0 Å². The van der Waals surface area contributed by atoms with Crippen LogP contribution in [0.5, 0.6) is 0 Å². The molecule has 3 rings (SSSR count). The summed E-state index contributed by atoms with van der Waals surface area (Å²) in [7, 11) is -3.68. The van der Waals surface area contributed by atoms with E-state index in [2.05, 4.69) is 5.32 Å². The van der Waals surface area contributed by atoms with Gasteiger partial charge in [-0.25, -0.2) is 13.2 Å². The van der Waals surface area contributed by atoms with Gasteiger partial charge in [0.15, 0.2) is 15.6 Å². The van der Waals surface area contributed by atoms with Crippen LogP contribution < -0.4 is 5.32 Å². The van der Waals surface area contributed by atoms with Gasteiger partial charge in [-0.2, -0.15) is 0 Å². The van der Waals surface area contributed by atoms with Crippen molar-refractivity contribution >= 4 is 27.3 Å². The third-order valence-corrected chi connectivity index (χ3v) is 5.08. The Morgan fingerprint density at radius 1 is 1.23 bits per heavy atom. The maximum Gasteiger partial charge on any atom is 0.332 e. The largest absolute Gasteiger partial charge is 0.478 e. The standard InChI is InChI=1S/C15H13NO5S/c1-22(20,21)13-7-9-12(6-10(13)15(18)19)16-11-5-3-2-4-8(11)14(9)17/h2-7,12-13,16H,1H3,(H,18,19). The highest BCUT2D eigenvalue weighted by atomic mass is 32.2. The fourth-order valence-electron chi connectivity index (χ4n) is 2.73. The molecule has 114 valence electrons. The number of carbonyl (C=O) groups is 2. The molecule has 7 heteroatoms. The highest BCUT2D eigenvalue weighted by Gasteiger charge is 2.38. The summed E-state index contributed by atoms with van der Waals surface area (Å²) in [6.45, 7) is 0. The number of hydrogen-bond acceptors (Lipinski definition) is 5. The molecule has 0 aromatic heterocycles. The van der Waals surface area contributed by atoms with Crippen LogP contribution in [0.2, 0.25) is 0 Å². The zero-order valence-electron chi connectivity index (χ0n) is 11.6. The van der Waals surface area contributed by atoms with Gasteiger partial charge in [-0.15, -0.1) is 0 Å². The number of nitrogens with one attached hydrogen (secondary N) is 1. The molecular weight excluding hydrogens is 306 g/mol. The summed E-state index contributed by atoms with van der Waals surface area (Å²) in [5.41, 5.74) is 1.08. The average molecular weight is 319 g/mol. The minimum Gasteiger partial charge on any atom is -0.478 e. The first-order chi connectivity index (χ1) is 10.3. The van der Waals surface area contributed by atoms with Crippen molar-refractivity contribution in [1.82, 2.24) is 0 Å². The lowest BCUT2D eigenvalue weighted by Gasteiger charge is -2.31. The molecule has 0 amide bonds. The van der Waals surface area contributed by atoms with Crippen molar-refractivity contribution < 1.29 is 23.1 Å². The molecule has 0 bridgehead atoms. The number of carboxylic acid groups (broad SMARTS) is 1. The minimum atomic E-state index is -3.68. The Hall–Kier alpha value is -2.41. The number of anilines is 1. The second-order valence-corrected chi connectivity index (χ2v) is 7.46.